The van der Waals surface area contributed by atoms with Crippen molar-refractivity contribution in [2.75, 3.05) is 25.5 Å². The number of carbonyl (C=O) groups excluding carboxylic acids is 2. The number of amides is 2. The Bertz CT molecular complexity index is 1130. The van der Waals surface area contributed by atoms with Crippen LogP contribution in [0.5, 0.6) is 0 Å². The molecule has 0 saturated carbocycles. The normalized spacial score (nSPS) is 15.8. The smallest absolute Gasteiger partial charge is 0.411 e. The van der Waals surface area contributed by atoms with Crippen LogP contribution in [0.3, 0.4) is 0 Å². The molecule has 1 heterocycles. The standard InChI is InChI=1S/C33H51N3O4Si/c1-8-9-15-31(40-41(6,7)33(2,3)4)35-30(37)19-17-25-16-18-28(26-13-11-10-12-14-26)29(24-25)34-32(38)39-27-20-22-36(5)23-21-27/h10-14,16,18,24,27,31H,8-9,15,17,19-23H2,1-7H3,(H,34,38)(H,35,37). The SMILES string of the molecule is CCCCC(NC(=O)CCc1ccc(-c2ccccc2)c(NC(=O)OC2CCN(C)CC2)c1)O[Si](C)(C)C(C)(C)C. The fourth-order valence-electron chi connectivity index (χ4n) is 4.71. The Kier molecular flexibility index (Phi) is 12.0. The van der Waals surface area contributed by atoms with Gasteiger partial charge in [0, 0.05) is 25.1 Å². The molecular formula is C33H51N3O4Si. The monoisotopic (exact) mass is 581 g/mol. The van der Waals surface area contributed by atoms with Crippen LogP contribution in [0.1, 0.15) is 71.8 Å². The first-order valence-electron chi connectivity index (χ1n) is 15.2. The molecule has 1 fully saturated rings. The molecule has 1 atom stereocenters. The van der Waals surface area contributed by atoms with Gasteiger partial charge < -0.3 is 19.4 Å². The molecule has 7 nitrogen and oxygen atoms in total. The molecule has 2 aromatic carbocycles. The first kappa shape index (κ1) is 32.8. The van der Waals surface area contributed by atoms with Gasteiger partial charge in [-0.15, -0.1) is 0 Å². The number of carbonyl (C=O) groups is 2. The van der Waals surface area contributed by atoms with Crippen LogP contribution in [0.25, 0.3) is 11.1 Å². The van der Waals surface area contributed by atoms with E-state index in [-0.39, 0.29) is 23.3 Å². The number of unbranched alkanes of at least 4 members (excludes halogenated alkanes) is 1. The third kappa shape index (κ3) is 10.3. The fourth-order valence-corrected chi connectivity index (χ4v) is 5.95. The third-order valence-electron chi connectivity index (χ3n) is 8.37. The van der Waals surface area contributed by atoms with E-state index in [4.69, 9.17) is 9.16 Å². The molecule has 2 aromatic rings. The molecule has 41 heavy (non-hydrogen) atoms. The summed E-state index contributed by atoms with van der Waals surface area (Å²) in [5.74, 6) is -0.0202. The van der Waals surface area contributed by atoms with E-state index in [1.807, 2.05) is 48.5 Å². The molecule has 3 rings (SSSR count). The molecule has 0 bridgehead atoms. The maximum absolute atomic E-state index is 13.1. The Labute approximate surface area is 248 Å². The van der Waals surface area contributed by atoms with Gasteiger partial charge in [-0.1, -0.05) is 76.6 Å². The number of anilines is 1. The highest BCUT2D eigenvalue weighted by Crippen LogP contribution is 2.37. The predicted molar refractivity (Wildman–Crippen MR) is 171 cm³/mol. The minimum Gasteiger partial charge on any atom is -0.446 e. The lowest BCUT2D eigenvalue weighted by atomic mass is 9.99. The van der Waals surface area contributed by atoms with Crippen LogP contribution in [0, 0.1) is 0 Å². The number of nitrogens with zero attached hydrogens (tertiary/aromatic N) is 1. The molecule has 2 N–H and O–H groups in total. The van der Waals surface area contributed by atoms with Gasteiger partial charge in [-0.2, -0.15) is 0 Å². The van der Waals surface area contributed by atoms with Crippen molar-refractivity contribution in [3.05, 3.63) is 54.1 Å². The van der Waals surface area contributed by atoms with Gasteiger partial charge in [0.1, 0.15) is 12.3 Å². The number of nitrogens with one attached hydrogen (secondary N) is 2. The van der Waals surface area contributed by atoms with Crippen molar-refractivity contribution in [1.29, 1.82) is 0 Å². The molecule has 8 heteroatoms. The Balaban J connectivity index is 1.68. The molecule has 1 saturated heterocycles. The molecule has 0 radical (unpaired) electrons. The number of hydrogen-bond acceptors (Lipinski definition) is 5. The lowest BCUT2D eigenvalue weighted by molar-refractivity contribution is -0.123. The van der Waals surface area contributed by atoms with E-state index in [1.165, 1.54) is 0 Å². The average molecular weight is 582 g/mol. The topological polar surface area (TPSA) is 79.9 Å². The van der Waals surface area contributed by atoms with Crippen molar-refractivity contribution >= 4 is 26.0 Å². The summed E-state index contributed by atoms with van der Waals surface area (Å²) in [6, 6.07) is 16.0. The summed E-state index contributed by atoms with van der Waals surface area (Å²) in [6.45, 7) is 15.1. The van der Waals surface area contributed by atoms with Gasteiger partial charge >= 0.3 is 6.09 Å². The molecule has 0 spiro atoms. The summed E-state index contributed by atoms with van der Waals surface area (Å²) in [5.41, 5.74) is 3.59. The Morgan fingerprint density at radius 1 is 1.07 bits per heavy atom. The zero-order chi connectivity index (χ0) is 30.0. The minimum absolute atomic E-state index is 0.0202. The van der Waals surface area contributed by atoms with Gasteiger partial charge in [-0.25, -0.2) is 4.79 Å². The second-order valence-corrected chi connectivity index (χ2v) is 17.6. The summed E-state index contributed by atoms with van der Waals surface area (Å²) in [4.78, 5) is 28.2. The van der Waals surface area contributed by atoms with Crippen LogP contribution in [-0.2, 0) is 20.4 Å². The molecular weight excluding hydrogens is 530 g/mol. The first-order valence-corrected chi connectivity index (χ1v) is 18.1. The number of benzene rings is 2. The van der Waals surface area contributed by atoms with E-state index in [9.17, 15) is 9.59 Å². The van der Waals surface area contributed by atoms with E-state index in [0.717, 1.165) is 61.9 Å². The van der Waals surface area contributed by atoms with Crippen molar-refractivity contribution in [2.45, 2.75) is 103 Å². The second-order valence-electron chi connectivity index (χ2n) is 12.9. The lowest BCUT2D eigenvalue weighted by Crippen LogP contribution is -2.49. The van der Waals surface area contributed by atoms with Gasteiger partial charge in [0.2, 0.25) is 5.91 Å². The van der Waals surface area contributed by atoms with Crippen molar-refractivity contribution < 1.29 is 18.8 Å². The maximum Gasteiger partial charge on any atom is 0.411 e. The van der Waals surface area contributed by atoms with Gasteiger partial charge in [0.15, 0.2) is 8.32 Å². The molecule has 1 aliphatic heterocycles. The van der Waals surface area contributed by atoms with Crippen LogP contribution in [0.2, 0.25) is 18.1 Å². The number of likely N-dealkylation sites (tertiary alicyclic amines) is 1. The first-order chi connectivity index (χ1) is 19.4. The maximum atomic E-state index is 13.1. The minimum atomic E-state index is -2.02. The van der Waals surface area contributed by atoms with E-state index < -0.39 is 14.4 Å². The van der Waals surface area contributed by atoms with E-state index >= 15 is 0 Å². The van der Waals surface area contributed by atoms with Crippen LogP contribution in [0.4, 0.5) is 10.5 Å². The predicted octanol–water partition coefficient (Wildman–Crippen LogP) is 7.58. The van der Waals surface area contributed by atoms with Crippen molar-refractivity contribution in [3.8, 4) is 11.1 Å². The van der Waals surface area contributed by atoms with Gasteiger partial charge in [-0.3, -0.25) is 10.1 Å². The highest BCUT2D eigenvalue weighted by atomic mass is 28.4. The number of piperidine rings is 1. The summed E-state index contributed by atoms with van der Waals surface area (Å²) in [5, 5.41) is 6.23. The Morgan fingerprint density at radius 2 is 1.76 bits per heavy atom. The highest BCUT2D eigenvalue weighted by Gasteiger charge is 2.39. The van der Waals surface area contributed by atoms with E-state index in [0.29, 0.717) is 18.5 Å². The lowest BCUT2D eigenvalue weighted by Gasteiger charge is -2.39. The number of ether oxygens (including phenoxy) is 1. The zero-order valence-electron chi connectivity index (χ0n) is 26.2. The fraction of sp³-hybridized carbons (Fsp3) is 0.576. The molecule has 1 unspecified atom stereocenters. The highest BCUT2D eigenvalue weighted by molar-refractivity contribution is 6.74. The van der Waals surface area contributed by atoms with Gasteiger partial charge in [0.05, 0.1) is 5.69 Å². The molecule has 2 amide bonds. The summed E-state index contributed by atoms with van der Waals surface area (Å²) in [7, 11) is 0.0618. The molecule has 1 aliphatic rings. The van der Waals surface area contributed by atoms with Crippen molar-refractivity contribution in [2.24, 2.45) is 0 Å². The Hall–Kier alpha value is -2.68. The third-order valence-corrected chi connectivity index (χ3v) is 12.9. The molecule has 0 aliphatic carbocycles. The number of hydrogen-bond donors (Lipinski definition) is 2. The van der Waals surface area contributed by atoms with E-state index in [2.05, 4.69) is 63.4 Å². The molecule has 0 aromatic heterocycles. The van der Waals surface area contributed by atoms with Crippen LogP contribution < -0.4 is 10.6 Å². The van der Waals surface area contributed by atoms with Crippen LogP contribution in [0.15, 0.2) is 48.5 Å². The largest absolute Gasteiger partial charge is 0.446 e. The van der Waals surface area contributed by atoms with Crippen molar-refractivity contribution in [3.63, 3.8) is 0 Å². The quantitative estimate of drug-likeness (QED) is 0.199. The Morgan fingerprint density at radius 3 is 2.39 bits per heavy atom. The van der Waals surface area contributed by atoms with Crippen molar-refractivity contribution in [1.82, 2.24) is 10.2 Å². The zero-order valence-corrected chi connectivity index (χ0v) is 27.2. The van der Waals surface area contributed by atoms with Crippen LogP contribution in [-0.4, -0.2) is 57.7 Å². The van der Waals surface area contributed by atoms with Gasteiger partial charge in [0.25, 0.3) is 0 Å². The van der Waals surface area contributed by atoms with Crippen LogP contribution >= 0.6 is 0 Å². The number of rotatable bonds is 12. The summed E-state index contributed by atoms with van der Waals surface area (Å²) >= 11 is 0. The summed E-state index contributed by atoms with van der Waals surface area (Å²) < 4.78 is 12.3. The average Bonchev–Trinajstić information content (AvgIpc) is 2.91. The van der Waals surface area contributed by atoms with E-state index in [1.54, 1.807) is 0 Å². The second kappa shape index (κ2) is 15.0. The van der Waals surface area contributed by atoms with Gasteiger partial charge in [-0.05, 0) is 74.5 Å². The summed E-state index contributed by atoms with van der Waals surface area (Å²) in [6.07, 6.45) is 4.66. The number of aryl methyl sites for hydroxylation is 1. The molecule has 226 valence electrons.